The lowest BCUT2D eigenvalue weighted by molar-refractivity contribution is -0.120. The van der Waals surface area contributed by atoms with Crippen molar-refractivity contribution in [2.24, 2.45) is 0 Å². The van der Waals surface area contributed by atoms with Crippen LogP contribution in [0.1, 0.15) is 67.5 Å². The SMILES string of the molecule is CC(C)=CC(=O)Cc1ccc(C)cc1.Cc1ccc(N)cc1.Cc1ccc2c(c1)C(C)(C)CC(=O)C2. The van der Waals surface area contributed by atoms with Gasteiger partial charge in [0, 0.05) is 24.9 Å². The summed E-state index contributed by atoms with van der Waals surface area (Å²) in [4.78, 5) is 23.0. The van der Waals surface area contributed by atoms with Crippen molar-refractivity contribution in [3.63, 3.8) is 0 Å². The van der Waals surface area contributed by atoms with E-state index in [-0.39, 0.29) is 11.2 Å². The summed E-state index contributed by atoms with van der Waals surface area (Å²) >= 11 is 0. The summed E-state index contributed by atoms with van der Waals surface area (Å²) in [6.07, 6.45) is 3.51. The summed E-state index contributed by atoms with van der Waals surface area (Å²) in [5.41, 5.74) is 14.8. The van der Waals surface area contributed by atoms with E-state index in [2.05, 4.69) is 39.0 Å². The van der Waals surface area contributed by atoms with Crippen LogP contribution in [-0.4, -0.2) is 11.6 Å². The van der Waals surface area contributed by atoms with E-state index in [1.807, 2.05) is 76.2 Å². The van der Waals surface area contributed by atoms with Crippen LogP contribution in [0.25, 0.3) is 0 Å². The van der Waals surface area contributed by atoms with Crippen molar-refractivity contribution in [2.75, 3.05) is 5.73 Å². The Hall–Kier alpha value is -3.46. The number of carbonyl (C=O) groups is 2. The fourth-order valence-corrected chi connectivity index (χ4v) is 4.18. The van der Waals surface area contributed by atoms with Crippen molar-refractivity contribution < 1.29 is 9.59 Å². The Morgan fingerprint density at radius 3 is 1.92 bits per heavy atom. The van der Waals surface area contributed by atoms with Gasteiger partial charge in [-0.05, 0) is 74.9 Å². The number of allylic oxidation sites excluding steroid dienone is 2. The Labute approximate surface area is 217 Å². The van der Waals surface area contributed by atoms with Gasteiger partial charge in [-0.1, -0.05) is 90.7 Å². The van der Waals surface area contributed by atoms with Crippen molar-refractivity contribution in [3.8, 4) is 0 Å². The Morgan fingerprint density at radius 2 is 1.39 bits per heavy atom. The Bertz CT molecular complexity index is 1170. The first kappa shape index (κ1) is 28.8. The number of ketones is 2. The maximum absolute atomic E-state index is 11.5. The number of fused-ring (bicyclic) bond motifs is 1. The molecule has 0 saturated heterocycles. The minimum absolute atomic E-state index is 0.0245. The van der Waals surface area contributed by atoms with Crippen molar-refractivity contribution in [3.05, 3.63) is 112 Å². The molecule has 2 N–H and O–H groups in total. The standard InChI is InChI=1S/2C13H16O.C7H9N/c1-9-4-5-10-7-11(14)8-13(2,3)12(10)6-9;1-10(2)8-13(14)9-12-6-4-11(3)5-7-12;1-6-2-4-7(8)5-3-6/h4-6H,7-8H2,1-3H3;4-8H,9H2,1-3H3;2-5H,8H2,1H3. The van der Waals surface area contributed by atoms with Crippen LogP contribution in [0.15, 0.2) is 78.4 Å². The van der Waals surface area contributed by atoms with Gasteiger partial charge in [0.25, 0.3) is 0 Å². The second-order valence-corrected chi connectivity index (χ2v) is 10.7. The molecule has 0 amide bonds. The number of hydrogen-bond acceptors (Lipinski definition) is 3. The fraction of sp³-hybridized carbons (Fsp3) is 0.333. The molecule has 0 heterocycles. The van der Waals surface area contributed by atoms with Crippen LogP contribution < -0.4 is 5.73 Å². The van der Waals surface area contributed by atoms with Crippen molar-refractivity contribution >= 4 is 17.3 Å². The molecule has 1 aliphatic carbocycles. The van der Waals surface area contributed by atoms with Gasteiger partial charge in [0.1, 0.15) is 5.78 Å². The molecule has 0 saturated carbocycles. The zero-order valence-corrected chi connectivity index (χ0v) is 22.9. The minimum atomic E-state index is 0.0245. The van der Waals surface area contributed by atoms with Crippen LogP contribution in [0.3, 0.4) is 0 Å². The molecule has 4 rings (SSSR count). The molecule has 0 aliphatic heterocycles. The molecule has 0 radical (unpaired) electrons. The molecule has 190 valence electrons. The monoisotopic (exact) mass is 483 g/mol. The molecule has 0 atom stereocenters. The molecule has 36 heavy (non-hydrogen) atoms. The highest BCUT2D eigenvalue weighted by Gasteiger charge is 2.31. The van der Waals surface area contributed by atoms with Gasteiger partial charge in [-0.3, -0.25) is 9.59 Å². The number of nitrogens with two attached hydrogens (primary N) is 1. The maximum atomic E-state index is 11.5. The number of anilines is 1. The van der Waals surface area contributed by atoms with Crippen LogP contribution in [0.4, 0.5) is 5.69 Å². The highest BCUT2D eigenvalue weighted by molar-refractivity contribution is 5.91. The zero-order valence-electron chi connectivity index (χ0n) is 22.9. The Kier molecular flexibility index (Phi) is 10.4. The molecule has 3 nitrogen and oxygen atoms in total. The molecule has 3 aromatic carbocycles. The lowest BCUT2D eigenvalue weighted by atomic mass is 9.72. The number of carbonyl (C=O) groups excluding carboxylic acids is 2. The number of aryl methyl sites for hydroxylation is 3. The van der Waals surface area contributed by atoms with Gasteiger partial charge in [0.05, 0.1) is 0 Å². The van der Waals surface area contributed by atoms with Gasteiger partial charge in [0.2, 0.25) is 0 Å². The Morgan fingerprint density at radius 1 is 0.861 bits per heavy atom. The predicted molar refractivity (Wildman–Crippen MR) is 152 cm³/mol. The number of Topliss-reactive ketones (excluding diaryl/α,β-unsaturated/α-hetero) is 1. The van der Waals surface area contributed by atoms with Gasteiger partial charge in [-0.15, -0.1) is 0 Å². The second-order valence-electron chi connectivity index (χ2n) is 10.7. The molecule has 0 bridgehead atoms. The largest absolute Gasteiger partial charge is 0.399 e. The van der Waals surface area contributed by atoms with Crippen LogP contribution in [-0.2, 0) is 27.8 Å². The molecule has 3 aromatic rings. The summed E-state index contributed by atoms with van der Waals surface area (Å²) < 4.78 is 0. The first-order valence-corrected chi connectivity index (χ1v) is 12.5. The third-order valence-electron chi connectivity index (χ3n) is 6.05. The van der Waals surface area contributed by atoms with Gasteiger partial charge in [-0.2, -0.15) is 0 Å². The molecule has 0 spiro atoms. The van der Waals surface area contributed by atoms with Crippen LogP contribution in [0, 0.1) is 20.8 Å². The van der Waals surface area contributed by atoms with Crippen LogP contribution in [0.2, 0.25) is 0 Å². The maximum Gasteiger partial charge on any atom is 0.159 e. The van der Waals surface area contributed by atoms with E-state index in [0.717, 1.165) is 16.8 Å². The number of rotatable bonds is 3. The summed E-state index contributed by atoms with van der Waals surface area (Å²) in [5, 5.41) is 0. The molecule has 3 heteroatoms. The average Bonchev–Trinajstić information content (AvgIpc) is 2.78. The predicted octanol–water partition coefficient (Wildman–Crippen LogP) is 7.44. The number of hydrogen-bond donors (Lipinski definition) is 1. The quantitative estimate of drug-likeness (QED) is 0.311. The molecule has 0 fully saturated rings. The topological polar surface area (TPSA) is 60.2 Å². The summed E-state index contributed by atoms with van der Waals surface area (Å²) in [6.45, 7) is 14.4. The van der Waals surface area contributed by atoms with Gasteiger partial charge >= 0.3 is 0 Å². The summed E-state index contributed by atoms with van der Waals surface area (Å²) in [7, 11) is 0. The molecular weight excluding hydrogens is 442 g/mol. The molecule has 0 unspecified atom stereocenters. The van der Waals surface area contributed by atoms with E-state index in [4.69, 9.17) is 5.73 Å². The van der Waals surface area contributed by atoms with E-state index in [9.17, 15) is 9.59 Å². The molecule has 1 aliphatic rings. The smallest absolute Gasteiger partial charge is 0.159 e. The van der Waals surface area contributed by atoms with E-state index in [0.29, 0.717) is 25.0 Å². The molecule has 0 aromatic heterocycles. The third-order valence-corrected chi connectivity index (χ3v) is 6.05. The lowest BCUT2D eigenvalue weighted by Gasteiger charge is -2.31. The van der Waals surface area contributed by atoms with Gasteiger partial charge in [-0.25, -0.2) is 0 Å². The van der Waals surface area contributed by atoms with E-state index in [1.54, 1.807) is 6.08 Å². The van der Waals surface area contributed by atoms with Crippen molar-refractivity contribution in [1.29, 1.82) is 0 Å². The summed E-state index contributed by atoms with van der Waals surface area (Å²) in [6, 6.07) is 22.3. The fourth-order valence-electron chi connectivity index (χ4n) is 4.18. The average molecular weight is 484 g/mol. The van der Waals surface area contributed by atoms with Crippen LogP contribution in [0.5, 0.6) is 0 Å². The number of benzene rings is 3. The van der Waals surface area contributed by atoms with Crippen molar-refractivity contribution in [2.45, 2.75) is 73.1 Å². The zero-order chi connectivity index (χ0) is 26.9. The first-order chi connectivity index (χ1) is 16.9. The highest BCUT2D eigenvalue weighted by Crippen LogP contribution is 2.35. The number of nitrogen functional groups attached to an aromatic ring is 1. The van der Waals surface area contributed by atoms with E-state index < -0.39 is 0 Å². The van der Waals surface area contributed by atoms with E-state index >= 15 is 0 Å². The van der Waals surface area contributed by atoms with E-state index in [1.165, 1.54) is 27.8 Å². The normalized spacial score (nSPS) is 13.2. The third kappa shape index (κ3) is 9.65. The second kappa shape index (κ2) is 13.0. The highest BCUT2D eigenvalue weighted by atomic mass is 16.1. The van der Waals surface area contributed by atoms with Gasteiger partial charge in [0.15, 0.2) is 5.78 Å². The van der Waals surface area contributed by atoms with Crippen molar-refractivity contribution in [1.82, 2.24) is 0 Å². The minimum Gasteiger partial charge on any atom is -0.399 e. The first-order valence-electron chi connectivity index (χ1n) is 12.5. The molecular formula is C33H41NO2. The van der Waals surface area contributed by atoms with Gasteiger partial charge < -0.3 is 5.73 Å². The Balaban J connectivity index is 0.000000198. The summed E-state index contributed by atoms with van der Waals surface area (Å²) in [5.74, 6) is 0.542. The lowest BCUT2D eigenvalue weighted by Crippen LogP contribution is -2.29. The van der Waals surface area contributed by atoms with Crippen LogP contribution >= 0.6 is 0 Å².